The van der Waals surface area contributed by atoms with E-state index in [1.165, 1.54) is 45.3 Å². The van der Waals surface area contributed by atoms with Gasteiger partial charge in [-0.1, -0.05) is 19.3 Å². The van der Waals surface area contributed by atoms with Crippen LogP contribution in [0.3, 0.4) is 0 Å². The van der Waals surface area contributed by atoms with Crippen LogP contribution in [0.1, 0.15) is 32.1 Å². The summed E-state index contributed by atoms with van der Waals surface area (Å²) in [5.74, 6) is 0.724. The number of aromatic nitrogens is 2. The van der Waals surface area contributed by atoms with Gasteiger partial charge in [0, 0.05) is 24.8 Å². The van der Waals surface area contributed by atoms with Crippen LogP contribution in [-0.4, -0.2) is 30.2 Å². The molecule has 2 aromatic rings. The van der Waals surface area contributed by atoms with Crippen LogP contribution >= 0.6 is 0 Å². The summed E-state index contributed by atoms with van der Waals surface area (Å²) in [4.78, 5) is 10.0. The summed E-state index contributed by atoms with van der Waals surface area (Å²) in [7, 11) is 3.54. The van der Waals surface area contributed by atoms with Crippen molar-refractivity contribution >= 4 is 5.95 Å². The molecule has 0 spiro atoms. The van der Waals surface area contributed by atoms with E-state index in [4.69, 9.17) is 4.74 Å². The largest absolute Gasteiger partial charge is 0.494 e. The molecule has 1 saturated carbocycles. The molecular weight excluding hydrogens is 281 g/mol. The fraction of sp³-hybridized carbons (Fsp3) is 0.471. The van der Waals surface area contributed by atoms with Crippen LogP contribution < -0.4 is 9.64 Å². The minimum atomic E-state index is -0.370. The minimum Gasteiger partial charge on any atom is -0.494 e. The van der Waals surface area contributed by atoms with Crippen molar-refractivity contribution in [2.24, 2.45) is 0 Å². The molecule has 1 aliphatic rings. The number of nitrogens with zero attached hydrogens (tertiary/aromatic N) is 2. The lowest BCUT2D eigenvalue weighted by atomic mass is 9.95. The number of benzene rings is 1. The molecule has 0 saturated heterocycles. The number of hydrogen-bond acceptors (Lipinski definition) is 3. The second-order valence-corrected chi connectivity index (χ2v) is 5.86. The van der Waals surface area contributed by atoms with Gasteiger partial charge in [0.1, 0.15) is 0 Å². The number of anilines is 1. The average molecular weight is 303 g/mol. The first-order chi connectivity index (χ1) is 10.7. The summed E-state index contributed by atoms with van der Waals surface area (Å²) in [6, 6.07) is 5.45. The van der Waals surface area contributed by atoms with E-state index >= 15 is 0 Å². The van der Waals surface area contributed by atoms with Crippen molar-refractivity contribution in [1.82, 2.24) is 9.97 Å². The number of hydrogen-bond donors (Lipinski definition) is 1. The van der Waals surface area contributed by atoms with Gasteiger partial charge in [0.05, 0.1) is 12.8 Å². The van der Waals surface area contributed by atoms with E-state index in [1.54, 1.807) is 6.07 Å². The molecular formula is C17H22FN3O. The SMILES string of the molecule is COc1ccc(-c2c[nH]c(N(C)C3CCCCC3)n2)cc1F. The molecule has 0 unspecified atom stereocenters. The Bertz CT molecular complexity index is 635. The van der Waals surface area contributed by atoms with E-state index in [0.29, 0.717) is 6.04 Å². The molecule has 118 valence electrons. The predicted molar refractivity (Wildman–Crippen MR) is 85.8 cm³/mol. The Hall–Kier alpha value is -2.04. The average Bonchev–Trinajstić information content (AvgIpc) is 3.05. The lowest BCUT2D eigenvalue weighted by Crippen LogP contribution is -2.34. The monoisotopic (exact) mass is 303 g/mol. The fourth-order valence-electron chi connectivity index (χ4n) is 3.11. The number of imidazole rings is 1. The van der Waals surface area contributed by atoms with Crippen LogP contribution in [0.25, 0.3) is 11.3 Å². The molecule has 1 aromatic heterocycles. The third kappa shape index (κ3) is 2.93. The van der Waals surface area contributed by atoms with Gasteiger partial charge in [0.15, 0.2) is 11.6 Å². The van der Waals surface area contributed by atoms with Gasteiger partial charge in [-0.3, -0.25) is 0 Å². The molecule has 1 heterocycles. The summed E-state index contributed by atoms with van der Waals surface area (Å²) >= 11 is 0. The molecule has 4 nitrogen and oxygen atoms in total. The highest BCUT2D eigenvalue weighted by atomic mass is 19.1. The molecule has 0 amide bonds. The molecule has 0 aliphatic heterocycles. The lowest BCUT2D eigenvalue weighted by molar-refractivity contribution is 0.386. The van der Waals surface area contributed by atoms with Gasteiger partial charge in [0.25, 0.3) is 0 Å². The molecule has 0 bridgehead atoms. The number of aromatic amines is 1. The van der Waals surface area contributed by atoms with E-state index in [1.807, 2.05) is 12.3 Å². The van der Waals surface area contributed by atoms with Crippen LogP contribution in [0.5, 0.6) is 5.75 Å². The summed E-state index contributed by atoms with van der Waals surface area (Å²) in [6.07, 6.45) is 8.15. The Morgan fingerprint density at radius 2 is 2.05 bits per heavy atom. The van der Waals surface area contributed by atoms with Crippen LogP contribution in [0.2, 0.25) is 0 Å². The molecule has 1 aromatic carbocycles. The highest BCUT2D eigenvalue weighted by Gasteiger charge is 2.20. The van der Waals surface area contributed by atoms with Crippen molar-refractivity contribution in [3.63, 3.8) is 0 Å². The van der Waals surface area contributed by atoms with E-state index in [2.05, 4.69) is 21.9 Å². The van der Waals surface area contributed by atoms with E-state index < -0.39 is 0 Å². The topological polar surface area (TPSA) is 41.1 Å². The van der Waals surface area contributed by atoms with Gasteiger partial charge in [0.2, 0.25) is 5.95 Å². The number of H-pyrrole nitrogens is 1. The van der Waals surface area contributed by atoms with Crippen LogP contribution in [0, 0.1) is 5.82 Å². The maximum absolute atomic E-state index is 13.8. The molecule has 0 radical (unpaired) electrons. The van der Waals surface area contributed by atoms with Crippen molar-refractivity contribution in [2.45, 2.75) is 38.1 Å². The first-order valence-corrected chi connectivity index (χ1v) is 7.81. The molecule has 22 heavy (non-hydrogen) atoms. The standard InChI is InChI=1S/C17H22FN3O/c1-21(13-6-4-3-5-7-13)17-19-11-15(20-17)12-8-9-16(22-2)14(18)10-12/h8-11,13H,3-7H2,1-2H3,(H,19,20). The smallest absolute Gasteiger partial charge is 0.203 e. The summed E-state index contributed by atoms with van der Waals surface area (Å²) in [6.45, 7) is 0. The second-order valence-electron chi connectivity index (χ2n) is 5.86. The van der Waals surface area contributed by atoms with Gasteiger partial charge >= 0.3 is 0 Å². The normalized spacial score (nSPS) is 15.8. The number of rotatable bonds is 4. The Balaban J connectivity index is 1.79. The third-order valence-corrected chi connectivity index (χ3v) is 4.47. The number of halogens is 1. The van der Waals surface area contributed by atoms with Crippen LogP contribution in [0.4, 0.5) is 10.3 Å². The van der Waals surface area contributed by atoms with E-state index in [0.717, 1.165) is 17.2 Å². The van der Waals surface area contributed by atoms with Gasteiger partial charge in [-0.25, -0.2) is 9.37 Å². The van der Waals surface area contributed by atoms with Crippen molar-refractivity contribution in [3.05, 3.63) is 30.2 Å². The van der Waals surface area contributed by atoms with Gasteiger partial charge < -0.3 is 14.6 Å². The predicted octanol–water partition coefficient (Wildman–Crippen LogP) is 3.99. The Morgan fingerprint density at radius 1 is 1.27 bits per heavy atom. The maximum Gasteiger partial charge on any atom is 0.203 e. The fourth-order valence-corrected chi connectivity index (χ4v) is 3.11. The minimum absolute atomic E-state index is 0.249. The second kappa shape index (κ2) is 6.38. The highest BCUT2D eigenvalue weighted by molar-refractivity contribution is 5.61. The molecule has 0 atom stereocenters. The molecule has 3 rings (SSSR count). The van der Waals surface area contributed by atoms with E-state index in [9.17, 15) is 4.39 Å². The lowest BCUT2D eigenvalue weighted by Gasteiger charge is -2.30. The summed E-state index contributed by atoms with van der Waals surface area (Å²) in [5, 5.41) is 0. The molecule has 5 heteroatoms. The third-order valence-electron chi connectivity index (χ3n) is 4.47. The van der Waals surface area contributed by atoms with Gasteiger partial charge in [-0.15, -0.1) is 0 Å². The van der Waals surface area contributed by atoms with Crippen molar-refractivity contribution in [2.75, 3.05) is 19.1 Å². The zero-order chi connectivity index (χ0) is 15.5. The Labute approximate surface area is 130 Å². The molecule has 1 aliphatic carbocycles. The zero-order valence-electron chi connectivity index (χ0n) is 13.1. The first kappa shape index (κ1) is 14.9. The zero-order valence-corrected chi connectivity index (χ0v) is 13.1. The Morgan fingerprint density at radius 3 is 2.73 bits per heavy atom. The van der Waals surface area contributed by atoms with Crippen molar-refractivity contribution in [1.29, 1.82) is 0 Å². The van der Waals surface area contributed by atoms with Crippen molar-refractivity contribution < 1.29 is 9.13 Å². The summed E-state index contributed by atoms with van der Waals surface area (Å²) < 4.78 is 18.8. The first-order valence-electron chi connectivity index (χ1n) is 7.81. The quantitative estimate of drug-likeness (QED) is 0.928. The Kier molecular flexibility index (Phi) is 4.32. The molecule has 1 fully saturated rings. The maximum atomic E-state index is 13.8. The number of methoxy groups -OCH3 is 1. The van der Waals surface area contributed by atoms with Crippen LogP contribution in [-0.2, 0) is 0 Å². The van der Waals surface area contributed by atoms with Crippen molar-refractivity contribution in [3.8, 4) is 17.0 Å². The van der Waals surface area contributed by atoms with Gasteiger partial charge in [-0.05, 0) is 31.0 Å². The van der Waals surface area contributed by atoms with E-state index in [-0.39, 0.29) is 11.6 Å². The number of ether oxygens (including phenoxy) is 1. The molecule has 1 N–H and O–H groups in total. The number of nitrogens with one attached hydrogen (secondary N) is 1. The van der Waals surface area contributed by atoms with Gasteiger partial charge in [-0.2, -0.15) is 0 Å². The summed E-state index contributed by atoms with van der Waals surface area (Å²) in [5.41, 5.74) is 1.50. The highest BCUT2D eigenvalue weighted by Crippen LogP contribution is 2.28. The van der Waals surface area contributed by atoms with Crippen LogP contribution in [0.15, 0.2) is 24.4 Å².